The van der Waals surface area contributed by atoms with Crippen molar-refractivity contribution in [1.82, 2.24) is 15.0 Å². The highest BCUT2D eigenvalue weighted by atomic mass is 14.8. The quantitative estimate of drug-likeness (QED) is 0.223. The van der Waals surface area contributed by atoms with Crippen LogP contribution in [-0.4, -0.2) is 21.2 Å². The van der Waals surface area contributed by atoms with Crippen molar-refractivity contribution < 1.29 is 0 Å². The van der Waals surface area contributed by atoms with E-state index in [-0.39, 0.29) is 0 Å². The molecule has 39 heavy (non-hydrogen) atoms. The fraction of sp³-hybridized carbons (Fsp3) is 0.0857. The second kappa shape index (κ2) is 8.53. The van der Waals surface area contributed by atoms with Gasteiger partial charge in [-0.2, -0.15) is 0 Å². The van der Waals surface area contributed by atoms with Gasteiger partial charge in [-0.1, -0.05) is 73.7 Å². The van der Waals surface area contributed by atoms with E-state index in [1.165, 1.54) is 10.9 Å². The van der Waals surface area contributed by atoms with Crippen LogP contribution >= 0.6 is 0 Å². The summed E-state index contributed by atoms with van der Waals surface area (Å²) in [4.78, 5) is 19.5. The zero-order valence-corrected chi connectivity index (χ0v) is 21.5. The first-order chi connectivity index (χ1) is 19.2. The van der Waals surface area contributed by atoms with E-state index < -0.39 is 0 Å². The molecule has 0 N–H and O–H groups in total. The molecule has 184 valence electrons. The summed E-state index contributed by atoms with van der Waals surface area (Å²) < 4.78 is 0. The SMILES string of the molecule is C[C@H]1C=Nc2c(ccc3ccc(-c4ccc5ccc(-c6ccc7ccc8cccnc8c7n6)cc5c4)nc23)C1. The van der Waals surface area contributed by atoms with Gasteiger partial charge in [-0.3, -0.25) is 9.98 Å². The van der Waals surface area contributed by atoms with Crippen molar-refractivity contribution in [1.29, 1.82) is 0 Å². The van der Waals surface area contributed by atoms with Gasteiger partial charge in [0.05, 0.1) is 33.6 Å². The first kappa shape index (κ1) is 22.1. The first-order valence-corrected chi connectivity index (χ1v) is 13.4. The Hall–Kier alpha value is -4.96. The maximum Gasteiger partial charge on any atom is 0.0972 e. The average Bonchev–Trinajstić information content (AvgIpc) is 2.99. The Morgan fingerprint density at radius 2 is 1.21 bits per heavy atom. The largest absolute Gasteiger partial charge is 0.258 e. The predicted molar refractivity (Wildman–Crippen MR) is 162 cm³/mol. The zero-order chi connectivity index (χ0) is 25.9. The van der Waals surface area contributed by atoms with Gasteiger partial charge in [-0.15, -0.1) is 0 Å². The molecule has 0 fully saturated rings. The third-order valence-corrected chi connectivity index (χ3v) is 7.78. The minimum Gasteiger partial charge on any atom is -0.258 e. The van der Waals surface area contributed by atoms with Crippen molar-refractivity contribution in [2.75, 3.05) is 0 Å². The summed E-state index contributed by atoms with van der Waals surface area (Å²) in [5.74, 6) is 0.458. The van der Waals surface area contributed by atoms with Crippen LogP contribution in [0.2, 0.25) is 0 Å². The Kier molecular flexibility index (Phi) is 4.83. The van der Waals surface area contributed by atoms with E-state index in [1.807, 2.05) is 18.5 Å². The lowest BCUT2D eigenvalue weighted by atomic mass is 9.95. The van der Waals surface area contributed by atoms with E-state index in [0.717, 1.165) is 72.7 Å². The zero-order valence-electron chi connectivity index (χ0n) is 21.5. The molecule has 0 radical (unpaired) electrons. The van der Waals surface area contributed by atoms with E-state index in [1.54, 1.807) is 0 Å². The van der Waals surface area contributed by atoms with Crippen LogP contribution in [0.4, 0.5) is 5.69 Å². The Balaban J connectivity index is 1.24. The number of aliphatic imine (C=N–C) groups is 1. The highest BCUT2D eigenvalue weighted by Gasteiger charge is 2.16. The minimum atomic E-state index is 0.458. The molecule has 0 saturated heterocycles. The summed E-state index contributed by atoms with van der Waals surface area (Å²) in [6, 6.07) is 34.2. The van der Waals surface area contributed by atoms with Crippen LogP contribution < -0.4 is 0 Å². The summed E-state index contributed by atoms with van der Waals surface area (Å²) in [5.41, 5.74) is 9.20. The van der Waals surface area contributed by atoms with E-state index in [2.05, 4.69) is 103 Å². The van der Waals surface area contributed by atoms with Crippen LogP contribution in [0.25, 0.3) is 66.0 Å². The van der Waals surface area contributed by atoms with Crippen molar-refractivity contribution in [3.05, 3.63) is 109 Å². The Labute approximate surface area is 225 Å². The summed E-state index contributed by atoms with van der Waals surface area (Å²) in [6.07, 6.45) is 4.89. The van der Waals surface area contributed by atoms with E-state index in [0.29, 0.717) is 5.92 Å². The summed E-state index contributed by atoms with van der Waals surface area (Å²) in [7, 11) is 0. The summed E-state index contributed by atoms with van der Waals surface area (Å²) in [6.45, 7) is 2.20. The fourth-order valence-electron chi connectivity index (χ4n) is 5.74. The molecule has 4 nitrogen and oxygen atoms in total. The molecule has 4 aromatic carbocycles. The third kappa shape index (κ3) is 3.68. The number of nitrogens with zero attached hydrogens (tertiary/aromatic N) is 4. The van der Waals surface area contributed by atoms with Gasteiger partial charge in [-0.05, 0) is 59.0 Å². The number of aromatic nitrogens is 3. The first-order valence-electron chi connectivity index (χ1n) is 13.4. The maximum absolute atomic E-state index is 5.10. The van der Waals surface area contributed by atoms with Gasteiger partial charge < -0.3 is 0 Å². The molecule has 0 bridgehead atoms. The van der Waals surface area contributed by atoms with Crippen LogP contribution in [0.3, 0.4) is 0 Å². The predicted octanol–water partition coefficient (Wildman–Crippen LogP) is 8.71. The molecule has 7 aromatic rings. The monoisotopic (exact) mass is 500 g/mol. The molecule has 4 heteroatoms. The highest BCUT2D eigenvalue weighted by molar-refractivity contribution is 6.03. The minimum absolute atomic E-state index is 0.458. The van der Waals surface area contributed by atoms with E-state index in [4.69, 9.17) is 15.0 Å². The summed E-state index contributed by atoms with van der Waals surface area (Å²) >= 11 is 0. The summed E-state index contributed by atoms with van der Waals surface area (Å²) in [5, 5.41) is 5.66. The molecule has 1 atom stereocenters. The van der Waals surface area contributed by atoms with Crippen LogP contribution in [0.1, 0.15) is 12.5 Å². The van der Waals surface area contributed by atoms with E-state index in [9.17, 15) is 0 Å². The van der Waals surface area contributed by atoms with Gasteiger partial charge in [0.1, 0.15) is 0 Å². The molecule has 4 heterocycles. The molecule has 0 saturated carbocycles. The Bertz CT molecular complexity index is 2130. The van der Waals surface area contributed by atoms with Crippen molar-refractivity contribution in [3.63, 3.8) is 0 Å². The van der Waals surface area contributed by atoms with Crippen molar-refractivity contribution >= 4 is 55.4 Å². The van der Waals surface area contributed by atoms with Crippen molar-refractivity contribution in [3.8, 4) is 22.5 Å². The molecule has 3 aromatic heterocycles. The van der Waals surface area contributed by atoms with Crippen LogP contribution in [-0.2, 0) is 6.42 Å². The topological polar surface area (TPSA) is 51.0 Å². The lowest BCUT2D eigenvalue weighted by molar-refractivity contribution is 0.772. The molecular weight excluding hydrogens is 476 g/mol. The fourth-order valence-corrected chi connectivity index (χ4v) is 5.74. The lowest BCUT2D eigenvalue weighted by Crippen LogP contribution is -2.06. The number of hydrogen-bond acceptors (Lipinski definition) is 4. The standard InChI is InChI=1S/C35H24N4/c1-21-17-28-11-8-25-13-15-31(39-35(25)33(28)37-20-21)27-10-5-22-4-9-26(18-29(22)19-27)30-14-12-24-7-6-23-3-2-16-36-32(23)34(24)38-30/h2-16,18-21H,17H2,1H3/t21-/m1/s1. The molecule has 0 amide bonds. The number of rotatable bonds is 2. The van der Waals surface area contributed by atoms with Crippen LogP contribution in [0.5, 0.6) is 0 Å². The average molecular weight is 501 g/mol. The molecular formula is C35H24N4. The van der Waals surface area contributed by atoms with Gasteiger partial charge >= 0.3 is 0 Å². The second-order valence-corrected chi connectivity index (χ2v) is 10.5. The molecule has 0 unspecified atom stereocenters. The van der Waals surface area contributed by atoms with Gasteiger partial charge in [-0.25, -0.2) is 9.97 Å². The normalized spacial score (nSPS) is 14.8. The van der Waals surface area contributed by atoms with Crippen LogP contribution in [0, 0.1) is 5.92 Å². The third-order valence-electron chi connectivity index (χ3n) is 7.78. The lowest BCUT2D eigenvalue weighted by Gasteiger charge is -2.16. The molecule has 1 aliphatic heterocycles. The number of pyridine rings is 3. The number of benzene rings is 4. The molecule has 1 aliphatic rings. The Morgan fingerprint density at radius 3 is 1.97 bits per heavy atom. The van der Waals surface area contributed by atoms with Gasteiger partial charge in [0, 0.05) is 39.7 Å². The van der Waals surface area contributed by atoms with Crippen molar-refractivity contribution in [2.45, 2.75) is 13.3 Å². The van der Waals surface area contributed by atoms with Crippen molar-refractivity contribution in [2.24, 2.45) is 10.9 Å². The molecule has 0 spiro atoms. The molecule has 0 aliphatic carbocycles. The van der Waals surface area contributed by atoms with Gasteiger partial charge in [0.15, 0.2) is 0 Å². The molecule has 8 rings (SSSR count). The van der Waals surface area contributed by atoms with Crippen LogP contribution in [0.15, 0.2) is 108 Å². The maximum atomic E-state index is 5.10. The number of hydrogen-bond donors (Lipinski definition) is 0. The van der Waals surface area contributed by atoms with Gasteiger partial charge in [0.25, 0.3) is 0 Å². The Morgan fingerprint density at radius 1 is 0.590 bits per heavy atom. The second-order valence-electron chi connectivity index (χ2n) is 10.5. The van der Waals surface area contributed by atoms with Gasteiger partial charge in [0.2, 0.25) is 0 Å². The smallest absolute Gasteiger partial charge is 0.0972 e. The highest BCUT2D eigenvalue weighted by Crippen LogP contribution is 2.35. The number of fused-ring (bicyclic) bond motifs is 7. The van der Waals surface area contributed by atoms with E-state index >= 15 is 0 Å².